The van der Waals surface area contributed by atoms with E-state index in [0.717, 1.165) is 11.6 Å². The van der Waals surface area contributed by atoms with Gasteiger partial charge in [0.15, 0.2) is 23.3 Å². The van der Waals surface area contributed by atoms with Crippen molar-refractivity contribution >= 4 is 17.3 Å². The third-order valence-electron chi connectivity index (χ3n) is 2.45. The number of benzene rings is 1. The number of pyridine rings is 1. The minimum absolute atomic E-state index is 0.00607. The molecule has 1 heterocycles. The molecular weight excluding hydrogens is 236 g/mol. The van der Waals surface area contributed by atoms with Gasteiger partial charge in [0, 0.05) is 18.8 Å². The van der Waals surface area contributed by atoms with Crippen molar-refractivity contribution in [2.45, 2.75) is 6.92 Å². The molecular formula is C13H13F2N3. The summed E-state index contributed by atoms with van der Waals surface area (Å²) in [5.74, 6) is -1.45. The van der Waals surface area contributed by atoms with Crippen LogP contribution in [0.25, 0.3) is 0 Å². The van der Waals surface area contributed by atoms with E-state index < -0.39 is 11.6 Å². The number of nitrogens with one attached hydrogen (secondary N) is 2. The van der Waals surface area contributed by atoms with Crippen LogP contribution in [-0.4, -0.2) is 12.0 Å². The fourth-order valence-corrected chi connectivity index (χ4v) is 1.59. The predicted molar refractivity (Wildman–Crippen MR) is 68.2 cm³/mol. The molecule has 0 spiro atoms. The van der Waals surface area contributed by atoms with Gasteiger partial charge in [0.25, 0.3) is 0 Å². The summed E-state index contributed by atoms with van der Waals surface area (Å²) < 4.78 is 26.8. The maximum absolute atomic E-state index is 13.6. The minimum atomic E-state index is -0.729. The SMILES string of the molecule is CNc1nc(Nc2cccc(C)c2)c(F)cc1F. The van der Waals surface area contributed by atoms with Gasteiger partial charge in [0.2, 0.25) is 0 Å². The summed E-state index contributed by atoms with van der Waals surface area (Å²) in [6, 6.07) is 8.22. The summed E-state index contributed by atoms with van der Waals surface area (Å²) in [7, 11) is 1.53. The van der Waals surface area contributed by atoms with Gasteiger partial charge in [-0.25, -0.2) is 13.8 Å². The molecule has 2 rings (SSSR count). The molecule has 0 fully saturated rings. The molecule has 0 unspecified atom stereocenters. The molecule has 0 aliphatic heterocycles. The van der Waals surface area contributed by atoms with Gasteiger partial charge >= 0.3 is 0 Å². The summed E-state index contributed by atoms with van der Waals surface area (Å²) in [5.41, 5.74) is 1.74. The Kier molecular flexibility index (Phi) is 3.41. The van der Waals surface area contributed by atoms with E-state index in [0.29, 0.717) is 5.69 Å². The average Bonchev–Trinajstić information content (AvgIpc) is 2.33. The van der Waals surface area contributed by atoms with E-state index in [1.54, 1.807) is 6.07 Å². The molecule has 94 valence electrons. The molecule has 0 saturated heterocycles. The number of aryl methyl sites for hydroxylation is 1. The topological polar surface area (TPSA) is 37.0 Å². The summed E-state index contributed by atoms with van der Waals surface area (Å²) >= 11 is 0. The van der Waals surface area contributed by atoms with E-state index in [4.69, 9.17) is 0 Å². The highest BCUT2D eigenvalue weighted by Gasteiger charge is 2.10. The number of nitrogens with zero attached hydrogens (tertiary/aromatic N) is 1. The lowest BCUT2D eigenvalue weighted by Crippen LogP contribution is -2.03. The Hall–Kier alpha value is -2.17. The van der Waals surface area contributed by atoms with E-state index in [2.05, 4.69) is 15.6 Å². The Morgan fingerprint density at radius 2 is 1.78 bits per heavy atom. The summed E-state index contributed by atoms with van der Waals surface area (Å²) in [6.45, 7) is 1.93. The highest BCUT2D eigenvalue weighted by Crippen LogP contribution is 2.22. The second-order valence-corrected chi connectivity index (χ2v) is 3.89. The zero-order valence-corrected chi connectivity index (χ0v) is 10.1. The van der Waals surface area contributed by atoms with Crippen LogP contribution in [0.3, 0.4) is 0 Å². The maximum atomic E-state index is 13.6. The van der Waals surface area contributed by atoms with Gasteiger partial charge in [-0.15, -0.1) is 0 Å². The van der Waals surface area contributed by atoms with Crippen LogP contribution < -0.4 is 10.6 Å². The summed E-state index contributed by atoms with van der Waals surface area (Å²) in [6.07, 6.45) is 0. The zero-order chi connectivity index (χ0) is 13.1. The Bertz CT molecular complexity index is 570. The van der Waals surface area contributed by atoms with Crippen LogP contribution >= 0.6 is 0 Å². The Labute approximate surface area is 104 Å². The molecule has 0 bridgehead atoms. The molecule has 3 nitrogen and oxygen atoms in total. The first-order chi connectivity index (χ1) is 8.60. The second-order valence-electron chi connectivity index (χ2n) is 3.89. The lowest BCUT2D eigenvalue weighted by atomic mass is 10.2. The Morgan fingerprint density at radius 1 is 1.06 bits per heavy atom. The van der Waals surface area contributed by atoms with Crippen LogP contribution in [0.5, 0.6) is 0 Å². The van der Waals surface area contributed by atoms with Crippen LogP contribution in [0.2, 0.25) is 0 Å². The molecule has 0 radical (unpaired) electrons. The number of hydrogen-bond donors (Lipinski definition) is 2. The van der Waals surface area contributed by atoms with Crippen LogP contribution in [0.4, 0.5) is 26.1 Å². The van der Waals surface area contributed by atoms with Gasteiger partial charge in [-0.3, -0.25) is 0 Å². The first kappa shape index (κ1) is 12.3. The smallest absolute Gasteiger partial charge is 0.169 e. The third-order valence-corrected chi connectivity index (χ3v) is 2.45. The molecule has 1 aromatic heterocycles. The molecule has 2 N–H and O–H groups in total. The highest BCUT2D eigenvalue weighted by atomic mass is 19.1. The van der Waals surface area contributed by atoms with Crippen molar-refractivity contribution in [3.05, 3.63) is 47.5 Å². The molecule has 18 heavy (non-hydrogen) atoms. The third kappa shape index (κ3) is 2.56. The van der Waals surface area contributed by atoms with Crippen molar-refractivity contribution < 1.29 is 8.78 Å². The lowest BCUT2D eigenvalue weighted by Gasteiger charge is -2.09. The molecule has 0 atom stereocenters. The van der Waals surface area contributed by atoms with Crippen molar-refractivity contribution in [2.75, 3.05) is 17.7 Å². The summed E-state index contributed by atoms with van der Waals surface area (Å²) in [4.78, 5) is 3.84. The molecule has 2 aromatic rings. The van der Waals surface area contributed by atoms with Gasteiger partial charge in [0.05, 0.1) is 0 Å². The van der Waals surface area contributed by atoms with E-state index in [-0.39, 0.29) is 11.6 Å². The number of hydrogen-bond acceptors (Lipinski definition) is 3. The zero-order valence-electron chi connectivity index (χ0n) is 10.1. The van der Waals surface area contributed by atoms with Crippen molar-refractivity contribution in [3.63, 3.8) is 0 Å². The monoisotopic (exact) mass is 249 g/mol. The van der Waals surface area contributed by atoms with Gasteiger partial charge in [-0.2, -0.15) is 0 Å². The molecule has 0 aliphatic rings. The van der Waals surface area contributed by atoms with Crippen molar-refractivity contribution in [2.24, 2.45) is 0 Å². The number of aromatic nitrogens is 1. The average molecular weight is 249 g/mol. The Morgan fingerprint density at radius 3 is 2.44 bits per heavy atom. The second kappa shape index (κ2) is 5.00. The summed E-state index contributed by atoms with van der Waals surface area (Å²) in [5, 5.41) is 5.39. The van der Waals surface area contributed by atoms with Crippen LogP contribution in [0, 0.1) is 18.6 Å². The molecule has 0 saturated carbocycles. The molecule has 0 amide bonds. The van der Waals surface area contributed by atoms with Gasteiger partial charge in [0.1, 0.15) is 0 Å². The van der Waals surface area contributed by atoms with Crippen molar-refractivity contribution in [3.8, 4) is 0 Å². The quantitative estimate of drug-likeness (QED) is 0.874. The van der Waals surface area contributed by atoms with Crippen LogP contribution in [-0.2, 0) is 0 Å². The minimum Gasteiger partial charge on any atom is -0.371 e. The van der Waals surface area contributed by atoms with E-state index in [1.165, 1.54) is 7.05 Å². The number of anilines is 3. The fraction of sp³-hybridized carbons (Fsp3) is 0.154. The van der Waals surface area contributed by atoms with Gasteiger partial charge in [-0.05, 0) is 24.6 Å². The first-order valence-corrected chi connectivity index (χ1v) is 5.47. The van der Waals surface area contributed by atoms with E-state index in [1.807, 2.05) is 25.1 Å². The predicted octanol–water partition coefficient (Wildman–Crippen LogP) is 3.45. The maximum Gasteiger partial charge on any atom is 0.169 e. The van der Waals surface area contributed by atoms with Crippen LogP contribution in [0.1, 0.15) is 5.56 Å². The van der Waals surface area contributed by atoms with Gasteiger partial charge < -0.3 is 10.6 Å². The highest BCUT2D eigenvalue weighted by molar-refractivity contribution is 5.59. The lowest BCUT2D eigenvalue weighted by molar-refractivity contribution is 0.580. The molecule has 5 heteroatoms. The first-order valence-electron chi connectivity index (χ1n) is 5.47. The fourth-order valence-electron chi connectivity index (χ4n) is 1.59. The molecule has 0 aliphatic carbocycles. The van der Waals surface area contributed by atoms with Crippen molar-refractivity contribution in [1.82, 2.24) is 4.98 Å². The van der Waals surface area contributed by atoms with Crippen LogP contribution in [0.15, 0.2) is 30.3 Å². The molecule has 1 aromatic carbocycles. The largest absolute Gasteiger partial charge is 0.371 e. The van der Waals surface area contributed by atoms with E-state index in [9.17, 15) is 8.78 Å². The number of rotatable bonds is 3. The van der Waals surface area contributed by atoms with Crippen molar-refractivity contribution in [1.29, 1.82) is 0 Å². The normalized spacial score (nSPS) is 10.2. The number of halogens is 2. The van der Waals surface area contributed by atoms with E-state index >= 15 is 0 Å². The Balaban J connectivity index is 2.34. The standard InChI is InChI=1S/C13H13F2N3/c1-8-4-3-5-9(6-8)17-13-11(15)7-10(14)12(16-2)18-13/h3-7H,1-2H3,(H2,16,17,18). The van der Waals surface area contributed by atoms with Gasteiger partial charge in [-0.1, -0.05) is 12.1 Å².